The molecule has 0 aliphatic carbocycles. The van der Waals surface area contributed by atoms with Gasteiger partial charge in [0, 0.05) is 35.5 Å². The number of nitrogens with one attached hydrogen (secondary N) is 2. The zero-order valence-corrected chi connectivity index (χ0v) is 15.7. The Labute approximate surface area is 152 Å². The van der Waals surface area contributed by atoms with E-state index in [1.54, 1.807) is 12.1 Å². The van der Waals surface area contributed by atoms with Crippen molar-refractivity contribution >= 4 is 40.6 Å². The highest BCUT2D eigenvalue weighted by Gasteiger charge is 2.14. The Morgan fingerprint density at radius 2 is 1.83 bits per heavy atom. The summed E-state index contributed by atoms with van der Waals surface area (Å²) in [7, 11) is 3.96. The molecule has 2 rings (SSSR count). The van der Waals surface area contributed by atoms with Gasteiger partial charge in [0.05, 0.1) is 6.04 Å². The molecular formula is C18H21Cl2N3O. The van der Waals surface area contributed by atoms with Gasteiger partial charge in [-0.05, 0) is 55.3 Å². The third kappa shape index (κ3) is 4.56. The van der Waals surface area contributed by atoms with E-state index in [1.807, 2.05) is 57.1 Å². The molecular weight excluding hydrogens is 345 g/mol. The van der Waals surface area contributed by atoms with Crippen LogP contribution in [0.25, 0.3) is 0 Å². The number of rotatable bonds is 4. The number of nitrogens with zero attached hydrogens (tertiary/aromatic N) is 1. The van der Waals surface area contributed by atoms with Crippen molar-refractivity contribution in [3.05, 3.63) is 57.6 Å². The molecule has 2 aromatic rings. The van der Waals surface area contributed by atoms with Crippen molar-refractivity contribution in [1.29, 1.82) is 0 Å². The molecule has 1 unspecified atom stereocenters. The van der Waals surface area contributed by atoms with Crippen LogP contribution in [0.3, 0.4) is 0 Å². The lowest BCUT2D eigenvalue weighted by Crippen LogP contribution is -2.31. The minimum Gasteiger partial charge on any atom is -0.378 e. The predicted octanol–water partition coefficient (Wildman–Crippen LogP) is 5.25. The average Bonchev–Trinajstić information content (AvgIpc) is 2.48. The maximum Gasteiger partial charge on any atom is 0.319 e. The van der Waals surface area contributed by atoms with Crippen LogP contribution in [0.5, 0.6) is 0 Å². The number of urea groups is 1. The van der Waals surface area contributed by atoms with Gasteiger partial charge in [0.15, 0.2) is 0 Å². The number of carbonyl (C=O) groups excluding carboxylic acids is 1. The Kier molecular flexibility index (Phi) is 5.97. The number of hydrogen-bond acceptors (Lipinski definition) is 2. The fourth-order valence-electron chi connectivity index (χ4n) is 2.35. The van der Waals surface area contributed by atoms with E-state index in [9.17, 15) is 4.79 Å². The summed E-state index contributed by atoms with van der Waals surface area (Å²) in [5, 5.41) is 6.85. The molecule has 0 aromatic heterocycles. The minimum atomic E-state index is -0.283. The van der Waals surface area contributed by atoms with Crippen LogP contribution in [0, 0.1) is 6.92 Å². The first-order valence-electron chi connectivity index (χ1n) is 7.58. The van der Waals surface area contributed by atoms with Gasteiger partial charge in [-0.15, -0.1) is 0 Å². The zero-order valence-electron chi connectivity index (χ0n) is 14.2. The monoisotopic (exact) mass is 365 g/mol. The Balaban J connectivity index is 2.05. The second kappa shape index (κ2) is 7.77. The molecule has 0 radical (unpaired) electrons. The first-order chi connectivity index (χ1) is 11.3. The van der Waals surface area contributed by atoms with Crippen molar-refractivity contribution < 1.29 is 4.79 Å². The summed E-state index contributed by atoms with van der Waals surface area (Å²) < 4.78 is 0. The molecule has 0 heterocycles. The average molecular weight is 366 g/mol. The second-order valence-electron chi connectivity index (χ2n) is 5.88. The number of amides is 2. The molecule has 2 amide bonds. The third-order valence-electron chi connectivity index (χ3n) is 3.75. The first-order valence-corrected chi connectivity index (χ1v) is 8.34. The summed E-state index contributed by atoms with van der Waals surface area (Å²) in [6, 6.07) is 10.6. The number of benzene rings is 2. The van der Waals surface area contributed by atoms with Crippen molar-refractivity contribution in [2.24, 2.45) is 0 Å². The minimum absolute atomic E-state index is 0.240. The van der Waals surface area contributed by atoms with Gasteiger partial charge in [0.2, 0.25) is 0 Å². The summed E-state index contributed by atoms with van der Waals surface area (Å²) in [5.74, 6) is 0. The molecule has 2 aromatic carbocycles. The molecule has 0 fully saturated rings. The molecule has 0 aliphatic heterocycles. The van der Waals surface area contributed by atoms with Crippen LogP contribution in [-0.2, 0) is 0 Å². The maximum atomic E-state index is 12.2. The van der Waals surface area contributed by atoms with Crippen LogP contribution in [-0.4, -0.2) is 20.1 Å². The number of halogens is 2. The lowest BCUT2D eigenvalue weighted by molar-refractivity contribution is 0.249. The van der Waals surface area contributed by atoms with Crippen LogP contribution >= 0.6 is 23.2 Å². The lowest BCUT2D eigenvalue weighted by Gasteiger charge is -2.18. The van der Waals surface area contributed by atoms with Gasteiger partial charge in [-0.3, -0.25) is 0 Å². The molecule has 24 heavy (non-hydrogen) atoms. The van der Waals surface area contributed by atoms with E-state index < -0.39 is 0 Å². The van der Waals surface area contributed by atoms with Crippen LogP contribution < -0.4 is 15.5 Å². The van der Waals surface area contributed by atoms with E-state index in [1.165, 1.54) is 0 Å². The highest BCUT2D eigenvalue weighted by Crippen LogP contribution is 2.26. The Hall–Kier alpha value is -1.91. The Morgan fingerprint density at radius 3 is 2.42 bits per heavy atom. The highest BCUT2D eigenvalue weighted by atomic mass is 35.5. The lowest BCUT2D eigenvalue weighted by atomic mass is 10.1. The van der Waals surface area contributed by atoms with Gasteiger partial charge in [-0.2, -0.15) is 0 Å². The van der Waals surface area contributed by atoms with Crippen molar-refractivity contribution in [2.45, 2.75) is 19.9 Å². The topological polar surface area (TPSA) is 44.4 Å². The summed E-state index contributed by atoms with van der Waals surface area (Å²) in [5.41, 5.74) is 3.66. The van der Waals surface area contributed by atoms with E-state index in [0.29, 0.717) is 10.0 Å². The highest BCUT2D eigenvalue weighted by molar-refractivity contribution is 6.35. The third-order valence-corrected chi connectivity index (χ3v) is 4.31. The maximum absolute atomic E-state index is 12.2. The number of carbonyl (C=O) groups is 1. The van der Waals surface area contributed by atoms with Gasteiger partial charge in [-0.25, -0.2) is 4.79 Å². The van der Waals surface area contributed by atoms with Gasteiger partial charge in [0.25, 0.3) is 0 Å². The van der Waals surface area contributed by atoms with E-state index in [4.69, 9.17) is 23.2 Å². The summed E-state index contributed by atoms with van der Waals surface area (Å²) in [6.45, 7) is 3.83. The largest absolute Gasteiger partial charge is 0.378 e. The quantitative estimate of drug-likeness (QED) is 0.776. The van der Waals surface area contributed by atoms with Crippen molar-refractivity contribution in [1.82, 2.24) is 5.32 Å². The molecule has 6 heteroatoms. The number of aryl methyl sites for hydroxylation is 1. The number of anilines is 2. The summed E-state index contributed by atoms with van der Waals surface area (Å²) >= 11 is 12.1. The van der Waals surface area contributed by atoms with E-state index in [-0.39, 0.29) is 12.1 Å². The Bertz CT molecular complexity index is 747. The SMILES string of the molecule is Cc1cc(N(C)C)ccc1NC(=O)NC(C)c1ccc(Cl)cc1Cl. The molecule has 0 spiro atoms. The van der Waals surface area contributed by atoms with Gasteiger partial charge < -0.3 is 15.5 Å². The van der Waals surface area contributed by atoms with Crippen LogP contribution in [0.1, 0.15) is 24.1 Å². The van der Waals surface area contributed by atoms with Crippen molar-refractivity contribution in [3.8, 4) is 0 Å². The van der Waals surface area contributed by atoms with Gasteiger partial charge in [0.1, 0.15) is 0 Å². The predicted molar refractivity (Wildman–Crippen MR) is 103 cm³/mol. The second-order valence-corrected chi connectivity index (χ2v) is 6.72. The molecule has 0 saturated heterocycles. The molecule has 0 aliphatic rings. The van der Waals surface area contributed by atoms with Crippen LogP contribution in [0.4, 0.5) is 16.2 Å². The van der Waals surface area contributed by atoms with Crippen molar-refractivity contribution in [2.75, 3.05) is 24.3 Å². The van der Waals surface area contributed by atoms with E-state index in [2.05, 4.69) is 10.6 Å². The summed E-state index contributed by atoms with van der Waals surface area (Å²) in [4.78, 5) is 14.3. The van der Waals surface area contributed by atoms with Gasteiger partial charge in [-0.1, -0.05) is 29.3 Å². The molecule has 4 nitrogen and oxygen atoms in total. The normalized spacial score (nSPS) is 11.8. The van der Waals surface area contributed by atoms with E-state index in [0.717, 1.165) is 22.5 Å². The number of hydrogen-bond donors (Lipinski definition) is 2. The van der Waals surface area contributed by atoms with Crippen LogP contribution in [0.2, 0.25) is 10.0 Å². The molecule has 128 valence electrons. The molecule has 2 N–H and O–H groups in total. The Morgan fingerprint density at radius 1 is 1.12 bits per heavy atom. The zero-order chi connectivity index (χ0) is 17.9. The molecule has 0 bridgehead atoms. The fourth-order valence-corrected chi connectivity index (χ4v) is 2.92. The fraction of sp³-hybridized carbons (Fsp3) is 0.278. The van der Waals surface area contributed by atoms with Gasteiger partial charge >= 0.3 is 6.03 Å². The standard InChI is InChI=1S/C18H21Cl2N3O/c1-11-9-14(23(3)4)6-8-17(11)22-18(24)21-12(2)15-7-5-13(19)10-16(15)20/h5-10,12H,1-4H3,(H2,21,22,24). The smallest absolute Gasteiger partial charge is 0.319 e. The molecule has 1 atom stereocenters. The first kappa shape index (κ1) is 18.4. The summed E-state index contributed by atoms with van der Waals surface area (Å²) in [6.07, 6.45) is 0. The van der Waals surface area contributed by atoms with Crippen LogP contribution in [0.15, 0.2) is 36.4 Å². The van der Waals surface area contributed by atoms with Crippen molar-refractivity contribution in [3.63, 3.8) is 0 Å². The van der Waals surface area contributed by atoms with E-state index >= 15 is 0 Å². The molecule has 0 saturated carbocycles.